The number of nitrogens with one attached hydrogen (secondary N) is 1. The fourth-order valence-corrected chi connectivity index (χ4v) is 10.3. The Hall–Kier alpha value is -2.12. The molecular formula is C66H123NO10. The smallest absolute Gasteiger partial charge is 0.306 e. The van der Waals surface area contributed by atoms with E-state index in [9.17, 15) is 35.1 Å². The molecule has 452 valence electrons. The van der Waals surface area contributed by atoms with Gasteiger partial charge in [0.25, 0.3) is 0 Å². The third-order valence-corrected chi connectivity index (χ3v) is 15.5. The van der Waals surface area contributed by atoms with Gasteiger partial charge in [0.2, 0.25) is 5.91 Å². The molecule has 0 aromatic heterocycles. The van der Waals surface area contributed by atoms with Gasteiger partial charge in [-0.2, -0.15) is 0 Å². The van der Waals surface area contributed by atoms with Crippen LogP contribution in [0.2, 0.25) is 0 Å². The van der Waals surface area contributed by atoms with E-state index in [1.807, 2.05) is 6.08 Å². The number of rotatable bonds is 56. The van der Waals surface area contributed by atoms with Crippen molar-refractivity contribution in [2.75, 3.05) is 13.2 Å². The van der Waals surface area contributed by atoms with Gasteiger partial charge < -0.3 is 45.1 Å². The number of carbonyl (C=O) groups is 2. The summed E-state index contributed by atoms with van der Waals surface area (Å²) in [4.78, 5) is 26.6. The average Bonchev–Trinajstić information content (AvgIpc) is 3.43. The number of allylic oxidation sites excluding steroid dienone is 5. The van der Waals surface area contributed by atoms with Crippen LogP contribution >= 0.6 is 0 Å². The highest BCUT2D eigenvalue weighted by Gasteiger charge is 2.47. The molecule has 0 aromatic rings. The van der Waals surface area contributed by atoms with Crippen molar-refractivity contribution in [1.29, 1.82) is 0 Å². The lowest BCUT2D eigenvalue weighted by Gasteiger charge is -2.41. The van der Waals surface area contributed by atoms with Crippen LogP contribution < -0.4 is 5.32 Å². The Morgan fingerprint density at radius 3 is 1.35 bits per heavy atom. The summed E-state index contributed by atoms with van der Waals surface area (Å²) in [5.41, 5.74) is 0. The number of unbranched alkanes of at least 4 members (excludes halogenated alkanes) is 38. The summed E-state index contributed by atoms with van der Waals surface area (Å²) in [6.07, 6.45) is 54.7. The Bertz CT molecular complexity index is 1390. The second-order valence-corrected chi connectivity index (χ2v) is 22.9. The first kappa shape index (κ1) is 72.9. The first-order valence-electron chi connectivity index (χ1n) is 32.8. The molecular weight excluding hydrogens is 967 g/mol. The third-order valence-electron chi connectivity index (χ3n) is 15.5. The maximum absolute atomic E-state index is 13.4. The van der Waals surface area contributed by atoms with Crippen LogP contribution in [0.15, 0.2) is 36.5 Å². The van der Waals surface area contributed by atoms with E-state index >= 15 is 0 Å². The highest BCUT2D eigenvalue weighted by atomic mass is 16.7. The zero-order valence-corrected chi connectivity index (χ0v) is 50.1. The summed E-state index contributed by atoms with van der Waals surface area (Å²) in [7, 11) is 0. The Kier molecular flexibility index (Phi) is 51.6. The Labute approximate surface area is 473 Å². The standard InChI is InChI=1S/C66H123NO10/c1-4-7-10-13-16-19-22-24-26-27-28-29-30-31-32-34-35-38-41-44-47-50-53-59(70)65(74)67-57(58(69)52-49-46-43-40-37-21-18-15-12-9-6-3)56-75-66-64(63(73)62(72)60(55-68)76-66)77-61(71)54-51-48-45-42-39-36-33-25-23-20-17-14-11-8-5-2/h16,19,24,26,49,52,57-60,62-64,66,68-70,72-73H,4-15,17-18,20-23,25,27-48,50-51,53-56H2,1-3H3,(H,67,74)/b19-16-,26-24-,52-49+. The van der Waals surface area contributed by atoms with Gasteiger partial charge in [0.15, 0.2) is 12.4 Å². The van der Waals surface area contributed by atoms with Crippen LogP contribution in [0, 0.1) is 0 Å². The van der Waals surface area contributed by atoms with Gasteiger partial charge in [-0.1, -0.05) is 282 Å². The molecule has 0 aliphatic carbocycles. The van der Waals surface area contributed by atoms with E-state index in [0.717, 1.165) is 64.2 Å². The van der Waals surface area contributed by atoms with Crippen molar-refractivity contribution in [2.45, 2.75) is 359 Å². The Morgan fingerprint density at radius 1 is 0.506 bits per heavy atom. The SMILES string of the molecule is CCCCC/C=C\C/C=C\CCCCCCCCCCCCCCC(O)C(=O)NC(COC1OC(CO)C(O)C(O)C1OC(=O)CCCCCCCCCCCCCCCCC)C(O)/C=C/CCCCCCCCCCC. The first-order valence-corrected chi connectivity index (χ1v) is 32.8. The van der Waals surface area contributed by atoms with E-state index in [4.69, 9.17) is 14.2 Å². The average molecular weight is 1090 g/mol. The lowest BCUT2D eigenvalue weighted by atomic mass is 9.99. The van der Waals surface area contributed by atoms with Crippen molar-refractivity contribution in [1.82, 2.24) is 5.32 Å². The van der Waals surface area contributed by atoms with E-state index in [1.54, 1.807) is 6.08 Å². The fourth-order valence-electron chi connectivity index (χ4n) is 10.3. The maximum Gasteiger partial charge on any atom is 0.306 e. The molecule has 0 bridgehead atoms. The van der Waals surface area contributed by atoms with Gasteiger partial charge in [-0.25, -0.2) is 0 Å². The molecule has 1 aliphatic rings. The zero-order chi connectivity index (χ0) is 56.1. The van der Waals surface area contributed by atoms with Gasteiger partial charge in [-0.05, 0) is 57.8 Å². The van der Waals surface area contributed by atoms with Gasteiger partial charge >= 0.3 is 5.97 Å². The minimum atomic E-state index is -1.61. The molecule has 0 spiro atoms. The number of amides is 1. The fraction of sp³-hybridized carbons (Fsp3) is 0.879. The second-order valence-electron chi connectivity index (χ2n) is 22.9. The van der Waals surface area contributed by atoms with Crippen LogP contribution in [0.1, 0.15) is 310 Å². The van der Waals surface area contributed by atoms with E-state index in [1.165, 1.54) is 199 Å². The number of aliphatic hydroxyl groups excluding tert-OH is 5. The molecule has 0 radical (unpaired) electrons. The molecule has 11 heteroatoms. The van der Waals surface area contributed by atoms with Crippen molar-refractivity contribution in [3.63, 3.8) is 0 Å². The molecule has 0 aromatic carbocycles. The van der Waals surface area contributed by atoms with Gasteiger partial charge in [-0.15, -0.1) is 0 Å². The number of hydrogen-bond acceptors (Lipinski definition) is 10. The van der Waals surface area contributed by atoms with Crippen LogP contribution in [0.3, 0.4) is 0 Å². The van der Waals surface area contributed by atoms with Gasteiger partial charge in [-0.3, -0.25) is 9.59 Å². The molecule has 1 amide bonds. The number of ether oxygens (including phenoxy) is 3. The third kappa shape index (κ3) is 42.4. The van der Waals surface area contributed by atoms with Gasteiger partial charge in [0.05, 0.1) is 25.4 Å². The van der Waals surface area contributed by atoms with Crippen molar-refractivity contribution < 1.29 is 49.3 Å². The molecule has 1 aliphatic heterocycles. The summed E-state index contributed by atoms with van der Waals surface area (Å²) in [6, 6.07) is -1.02. The molecule has 1 rings (SSSR count). The lowest BCUT2D eigenvalue weighted by molar-refractivity contribution is -0.305. The lowest BCUT2D eigenvalue weighted by Crippen LogP contribution is -2.61. The van der Waals surface area contributed by atoms with E-state index < -0.39 is 67.4 Å². The number of esters is 1. The van der Waals surface area contributed by atoms with E-state index in [-0.39, 0.29) is 13.0 Å². The van der Waals surface area contributed by atoms with E-state index in [2.05, 4.69) is 50.4 Å². The zero-order valence-electron chi connectivity index (χ0n) is 50.1. The number of hydrogen-bond donors (Lipinski definition) is 6. The monoisotopic (exact) mass is 1090 g/mol. The Morgan fingerprint density at radius 2 is 0.896 bits per heavy atom. The Balaban J connectivity index is 2.60. The van der Waals surface area contributed by atoms with Crippen molar-refractivity contribution in [3.8, 4) is 0 Å². The number of carbonyl (C=O) groups excluding carboxylic acids is 2. The molecule has 1 fully saturated rings. The molecule has 8 atom stereocenters. The molecule has 6 N–H and O–H groups in total. The molecule has 1 heterocycles. The largest absolute Gasteiger partial charge is 0.454 e. The topological polar surface area (TPSA) is 175 Å². The highest BCUT2D eigenvalue weighted by molar-refractivity contribution is 5.80. The quantitative estimate of drug-likeness (QED) is 0.0195. The molecule has 1 saturated heterocycles. The predicted octanol–water partition coefficient (Wildman–Crippen LogP) is 15.8. The summed E-state index contributed by atoms with van der Waals surface area (Å²) >= 11 is 0. The normalized spacial score (nSPS) is 19.2. The minimum Gasteiger partial charge on any atom is -0.454 e. The van der Waals surface area contributed by atoms with Crippen molar-refractivity contribution in [3.05, 3.63) is 36.5 Å². The van der Waals surface area contributed by atoms with Crippen LogP contribution in [0.25, 0.3) is 0 Å². The first-order chi connectivity index (χ1) is 37.7. The molecule has 8 unspecified atom stereocenters. The van der Waals surface area contributed by atoms with Gasteiger partial charge in [0, 0.05) is 6.42 Å². The highest BCUT2D eigenvalue weighted by Crippen LogP contribution is 2.26. The maximum atomic E-state index is 13.4. The van der Waals surface area contributed by atoms with Crippen molar-refractivity contribution in [2.24, 2.45) is 0 Å². The molecule has 0 saturated carbocycles. The van der Waals surface area contributed by atoms with Crippen LogP contribution in [0.5, 0.6) is 0 Å². The summed E-state index contributed by atoms with van der Waals surface area (Å²) in [6.45, 7) is 5.79. The van der Waals surface area contributed by atoms with Crippen LogP contribution in [0.4, 0.5) is 0 Å². The van der Waals surface area contributed by atoms with Gasteiger partial charge in [0.1, 0.15) is 24.4 Å². The van der Waals surface area contributed by atoms with Crippen LogP contribution in [-0.2, 0) is 23.8 Å². The summed E-state index contributed by atoms with van der Waals surface area (Å²) < 4.78 is 17.6. The predicted molar refractivity (Wildman–Crippen MR) is 320 cm³/mol. The minimum absolute atomic E-state index is 0.129. The summed E-state index contributed by atoms with van der Waals surface area (Å²) in [5, 5.41) is 57.0. The number of aliphatic hydroxyl groups is 5. The van der Waals surface area contributed by atoms with Crippen molar-refractivity contribution >= 4 is 11.9 Å². The van der Waals surface area contributed by atoms with E-state index in [0.29, 0.717) is 19.3 Å². The summed E-state index contributed by atoms with van der Waals surface area (Å²) in [5.74, 6) is -1.18. The molecule has 77 heavy (non-hydrogen) atoms. The second kappa shape index (κ2) is 54.5. The molecule has 11 nitrogen and oxygen atoms in total. The van der Waals surface area contributed by atoms with Crippen LogP contribution in [-0.4, -0.2) is 99.6 Å².